The largest absolute Gasteiger partial charge is 0.449 e. The molecule has 0 unspecified atom stereocenters. The topological polar surface area (TPSA) is 39.9 Å². The number of hydrogen-bond donors (Lipinski definition) is 0. The van der Waals surface area contributed by atoms with Crippen LogP contribution in [-0.2, 0) is 6.54 Å². The highest BCUT2D eigenvalue weighted by Gasteiger charge is 2.26. The van der Waals surface area contributed by atoms with Gasteiger partial charge in [0.15, 0.2) is 11.3 Å². The van der Waals surface area contributed by atoms with E-state index < -0.39 is 0 Å². The molecule has 28 heavy (non-hydrogen) atoms. The molecule has 3 aromatic rings. The van der Waals surface area contributed by atoms with Crippen molar-refractivity contribution in [2.24, 2.45) is 0 Å². The Morgan fingerprint density at radius 3 is 2.39 bits per heavy atom. The molecule has 1 aromatic heterocycles. The van der Waals surface area contributed by atoms with Crippen LogP contribution >= 0.6 is 0 Å². The summed E-state index contributed by atoms with van der Waals surface area (Å²) in [6.45, 7) is 6.63. The first-order chi connectivity index (χ1) is 13.8. The zero-order valence-electron chi connectivity index (χ0n) is 16.0. The Balaban J connectivity index is 1.31. The molecule has 0 bridgehead atoms. The first-order valence-corrected chi connectivity index (χ1v) is 10.1. The van der Waals surface area contributed by atoms with E-state index in [2.05, 4.69) is 52.3 Å². The maximum absolute atomic E-state index is 12.5. The Kier molecular flexibility index (Phi) is 4.53. The summed E-state index contributed by atoms with van der Waals surface area (Å²) in [6, 6.07) is 18.7. The second-order valence-electron chi connectivity index (χ2n) is 7.70. The van der Waals surface area contributed by atoms with Crippen LogP contribution in [0.25, 0.3) is 11.0 Å². The van der Waals surface area contributed by atoms with Gasteiger partial charge in [0.25, 0.3) is 5.91 Å². The van der Waals surface area contributed by atoms with Crippen LogP contribution in [-0.4, -0.2) is 55.0 Å². The summed E-state index contributed by atoms with van der Waals surface area (Å²) in [4.78, 5) is 19.2. The zero-order chi connectivity index (χ0) is 18.9. The quantitative estimate of drug-likeness (QED) is 0.699. The molecule has 3 heterocycles. The smallest absolute Gasteiger partial charge is 0.289 e. The Morgan fingerprint density at radius 2 is 1.68 bits per heavy atom. The van der Waals surface area contributed by atoms with Gasteiger partial charge >= 0.3 is 0 Å². The number of likely N-dealkylation sites (tertiary alicyclic amines) is 1. The first-order valence-electron chi connectivity index (χ1n) is 10.1. The minimum Gasteiger partial charge on any atom is -0.449 e. The van der Waals surface area contributed by atoms with E-state index in [9.17, 15) is 4.79 Å². The molecule has 5 nitrogen and oxygen atoms in total. The second kappa shape index (κ2) is 7.32. The summed E-state index contributed by atoms with van der Waals surface area (Å²) < 4.78 is 6.05. The summed E-state index contributed by atoms with van der Waals surface area (Å²) in [7, 11) is 0. The maximum atomic E-state index is 12.5. The SMILES string of the molecule is O=C(c1cc2cccc(N3CCN(Cc4ccccc4)CC3)c2o1)N1CCC1. The number of carbonyl (C=O) groups is 1. The van der Waals surface area contributed by atoms with Crippen LogP contribution in [0.1, 0.15) is 22.5 Å². The maximum Gasteiger partial charge on any atom is 0.289 e. The van der Waals surface area contributed by atoms with E-state index in [1.807, 2.05) is 17.0 Å². The lowest BCUT2D eigenvalue weighted by atomic mass is 10.1. The van der Waals surface area contributed by atoms with Crippen molar-refractivity contribution in [1.82, 2.24) is 9.80 Å². The van der Waals surface area contributed by atoms with Crippen LogP contribution in [0, 0.1) is 0 Å². The number of furan rings is 1. The summed E-state index contributed by atoms with van der Waals surface area (Å²) in [5.41, 5.74) is 3.29. The molecule has 2 aromatic carbocycles. The van der Waals surface area contributed by atoms with Crippen molar-refractivity contribution >= 4 is 22.6 Å². The molecule has 2 aliphatic heterocycles. The van der Waals surface area contributed by atoms with Crippen molar-refractivity contribution in [1.29, 1.82) is 0 Å². The lowest BCUT2D eigenvalue weighted by molar-refractivity contribution is 0.0621. The van der Waals surface area contributed by atoms with Gasteiger partial charge in [0.1, 0.15) is 0 Å². The third-order valence-electron chi connectivity index (χ3n) is 5.84. The second-order valence-corrected chi connectivity index (χ2v) is 7.70. The number of piperazine rings is 1. The van der Waals surface area contributed by atoms with Gasteiger partial charge in [-0.25, -0.2) is 0 Å². The van der Waals surface area contributed by atoms with Gasteiger partial charge in [0.2, 0.25) is 0 Å². The van der Waals surface area contributed by atoms with Gasteiger partial charge in [-0.15, -0.1) is 0 Å². The standard InChI is InChI=1S/C23H25N3O2/c27-23(26-10-5-11-26)21-16-19-8-4-9-20(22(19)28-21)25-14-12-24(13-15-25)17-18-6-2-1-3-7-18/h1-4,6-9,16H,5,10-15,17H2. The Hall–Kier alpha value is -2.79. The molecular formula is C23H25N3O2. The molecule has 2 saturated heterocycles. The molecule has 5 heteroatoms. The van der Waals surface area contributed by atoms with Crippen LogP contribution in [0.15, 0.2) is 59.0 Å². The van der Waals surface area contributed by atoms with Crippen molar-refractivity contribution in [3.8, 4) is 0 Å². The summed E-state index contributed by atoms with van der Waals surface area (Å²) in [5, 5.41) is 1.01. The highest BCUT2D eigenvalue weighted by Crippen LogP contribution is 2.31. The van der Waals surface area contributed by atoms with Gasteiger partial charge < -0.3 is 14.2 Å². The number of hydrogen-bond acceptors (Lipinski definition) is 4. The van der Waals surface area contributed by atoms with Crippen molar-refractivity contribution in [3.05, 3.63) is 65.9 Å². The normalized spacial score (nSPS) is 17.7. The number of carbonyl (C=O) groups excluding carboxylic acids is 1. The summed E-state index contributed by atoms with van der Waals surface area (Å²) in [5.74, 6) is 0.478. The van der Waals surface area contributed by atoms with E-state index in [1.54, 1.807) is 0 Å². The highest BCUT2D eigenvalue weighted by molar-refractivity contribution is 5.99. The molecule has 2 fully saturated rings. The van der Waals surface area contributed by atoms with E-state index >= 15 is 0 Å². The monoisotopic (exact) mass is 375 g/mol. The number of amides is 1. The van der Waals surface area contributed by atoms with E-state index in [1.165, 1.54) is 5.56 Å². The predicted octanol–water partition coefficient (Wildman–Crippen LogP) is 3.60. The predicted molar refractivity (Wildman–Crippen MR) is 111 cm³/mol. The lowest BCUT2D eigenvalue weighted by Gasteiger charge is -2.36. The molecule has 0 aliphatic carbocycles. The first kappa shape index (κ1) is 17.3. The number of benzene rings is 2. The molecule has 0 N–H and O–H groups in total. The van der Waals surface area contributed by atoms with Gasteiger partial charge in [-0.3, -0.25) is 9.69 Å². The fourth-order valence-electron chi connectivity index (χ4n) is 4.07. The molecule has 5 rings (SSSR count). The van der Waals surface area contributed by atoms with Crippen LogP contribution in [0.4, 0.5) is 5.69 Å². The third kappa shape index (κ3) is 3.27. The fourth-order valence-corrected chi connectivity index (χ4v) is 4.07. The van der Waals surface area contributed by atoms with Crippen molar-refractivity contribution in [3.63, 3.8) is 0 Å². The lowest BCUT2D eigenvalue weighted by Crippen LogP contribution is -2.46. The number of nitrogens with zero attached hydrogens (tertiary/aromatic N) is 3. The minimum atomic E-state index is 0.0149. The molecule has 0 spiro atoms. The third-order valence-corrected chi connectivity index (χ3v) is 5.84. The molecule has 0 saturated carbocycles. The highest BCUT2D eigenvalue weighted by atomic mass is 16.3. The average molecular weight is 375 g/mol. The molecular weight excluding hydrogens is 350 g/mol. The summed E-state index contributed by atoms with van der Waals surface area (Å²) >= 11 is 0. The number of anilines is 1. The van der Waals surface area contributed by atoms with Gasteiger partial charge in [0, 0.05) is 51.2 Å². The van der Waals surface area contributed by atoms with Crippen LogP contribution in [0.3, 0.4) is 0 Å². The van der Waals surface area contributed by atoms with E-state index in [-0.39, 0.29) is 5.91 Å². The van der Waals surface area contributed by atoms with Gasteiger partial charge in [-0.05, 0) is 24.1 Å². The Bertz CT molecular complexity index is 970. The zero-order valence-corrected chi connectivity index (χ0v) is 16.0. The number of rotatable bonds is 4. The fraction of sp³-hybridized carbons (Fsp3) is 0.348. The molecule has 0 atom stereocenters. The number of para-hydroxylation sites is 1. The molecule has 0 radical (unpaired) electrons. The van der Waals surface area contributed by atoms with E-state index in [0.717, 1.165) is 68.9 Å². The van der Waals surface area contributed by atoms with Crippen molar-refractivity contribution in [2.75, 3.05) is 44.2 Å². The van der Waals surface area contributed by atoms with Crippen LogP contribution in [0.2, 0.25) is 0 Å². The van der Waals surface area contributed by atoms with Crippen molar-refractivity contribution < 1.29 is 9.21 Å². The van der Waals surface area contributed by atoms with Gasteiger partial charge in [-0.1, -0.05) is 42.5 Å². The Labute approximate surface area is 165 Å². The molecule has 1 amide bonds. The van der Waals surface area contributed by atoms with Crippen LogP contribution < -0.4 is 4.90 Å². The average Bonchev–Trinajstić information content (AvgIpc) is 3.13. The van der Waals surface area contributed by atoms with Crippen molar-refractivity contribution in [2.45, 2.75) is 13.0 Å². The Morgan fingerprint density at radius 1 is 0.893 bits per heavy atom. The van der Waals surface area contributed by atoms with E-state index in [4.69, 9.17) is 4.42 Å². The van der Waals surface area contributed by atoms with Crippen LogP contribution in [0.5, 0.6) is 0 Å². The molecule has 144 valence electrons. The van der Waals surface area contributed by atoms with E-state index in [0.29, 0.717) is 5.76 Å². The summed E-state index contributed by atoms with van der Waals surface area (Å²) in [6.07, 6.45) is 1.09. The van der Waals surface area contributed by atoms with Gasteiger partial charge in [0.05, 0.1) is 5.69 Å². The number of fused-ring (bicyclic) bond motifs is 1. The van der Waals surface area contributed by atoms with Gasteiger partial charge in [-0.2, -0.15) is 0 Å². The molecule has 2 aliphatic rings. The minimum absolute atomic E-state index is 0.0149.